The summed E-state index contributed by atoms with van der Waals surface area (Å²) >= 11 is 0.997. The van der Waals surface area contributed by atoms with Crippen molar-refractivity contribution in [2.75, 3.05) is 0 Å². The van der Waals surface area contributed by atoms with Crippen molar-refractivity contribution in [1.29, 1.82) is 0 Å². The summed E-state index contributed by atoms with van der Waals surface area (Å²) < 4.78 is 2.64. The summed E-state index contributed by atoms with van der Waals surface area (Å²) in [5, 5.41) is 10.1. The average Bonchev–Trinajstić information content (AvgIpc) is 1.90. The largest absolute Gasteiger partial charge is 0.327 e. The van der Waals surface area contributed by atoms with Gasteiger partial charge in [0.2, 0.25) is 0 Å². The number of hydrogen-bond acceptors (Lipinski definition) is 4. The molecule has 0 atom stereocenters. The predicted molar refractivity (Wildman–Crippen MR) is 34.9 cm³/mol. The van der Waals surface area contributed by atoms with Crippen LogP contribution < -0.4 is 4.72 Å². The molecule has 0 aromatic heterocycles. The molecule has 5 heteroatoms. The van der Waals surface area contributed by atoms with Crippen molar-refractivity contribution >= 4 is 11.9 Å². The molecule has 48 valence electrons. The van der Waals surface area contributed by atoms with Gasteiger partial charge in [-0.3, -0.25) is 10.1 Å². The third kappa shape index (κ3) is 1.46. The van der Waals surface area contributed by atoms with E-state index in [0.717, 1.165) is 11.9 Å². The summed E-state index contributed by atoms with van der Waals surface area (Å²) in [4.78, 5) is 9.57. The van der Waals surface area contributed by atoms with Crippen molar-refractivity contribution in [3.8, 4) is 0 Å². The van der Waals surface area contributed by atoms with E-state index in [1.54, 1.807) is 12.3 Å². The molecule has 0 aliphatic carbocycles. The molecule has 0 amide bonds. The minimum atomic E-state index is -0.429. The molecular weight excluding hydrogens is 140 g/mol. The van der Waals surface area contributed by atoms with E-state index < -0.39 is 4.92 Å². The molecule has 0 fully saturated rings. The van der Waals surface area contributed by atoms with Crippen molar-refractivity contribution in [1.82, 2.24) is 4.72 Å². The maximum absolute atomic E-state index is 10.00. The van der Waals surface area contributed by atoms with Crippen molar-refractivity contribution in [3.63, 3.8) is 0 Å². The summed E-state index contributed by atoms with van der Waals surface area (Å²) in [6.07, 6.45) is 4.67. The fraction of sp³-hybridized carbons (Fsp3) is 0. The van der Waals surface area contributed by atoms with Crippen LogP contribution in [0.4, 0.5) is 0 Å². The zero-order valence-electron chi connectivity index (χ0n) is 4.40. The zero-order valence-corrected chi connectivity index (χ0v) is 5.22. The van der Waals surface area contributed by atoms with Crippen LogP contribution in [-0.2, 0) is 0 Å². The number of rotatable bonds is 1. The number of allylic oxidation sites excluding steroid dienone is 2. The van der Waals surface area contributed by atoms with Crippen LogP contribution >= 0.6 is 11.9 Å². The lowest BCUT2D eigenvalue weighted by Crippen LogP contribution is -2.03. The summed E-state index contributed by atoms with van der Waals surface area (Å²) in [5.41, 5.74) is 0. The van der Waals surface area contributed by atoms with Crippen LogP contribution in [0.25, 0.3) is 0 Å². The predicted octanol–water partition coefficient (Wildman–Crippen LogP) is 0.870. The number of hydrogen-bond donors (Lipinski definition) is 1. The quantitative estimate of drug-likeness (QED) is 0.337. The van der Waals surface area contributed by atoms with Crippen LogP contribution in [0, 0.1) is 10.1 Å². The summed E-state index contributed by atoms with van der Waals surface area (Å²) in [5.74, 6) is 0. The zero-order chi connectivity index (χ0) is 6.69. The van der Waals surface area contributed by atoms with Gasteiger partial charge in [-0.1, -0.05) is 0 Å². The summed E-state index contributed by atoms with van der Waals surface area (Å²) in [6.45, 7) is 0. The minimum absolute atomic E-state index is 0.123. The third-order valence-electron chi connectivity index (χ3n) is 0.747. The van der Waals surface area contributed by atoms with E-state index in [0.29, 0.717) is 0 Å². The van der Waals surface area contributed by atoms with Crippen LogP contribution in [-0.4, -0.2) is 4.92 Å². The fourth-order valence-electron chi connectivity index (χ4n) is 0.396. The van der Waals surface area contributed by atoms with E-state index in [9.17, 15) is 10.1 Å². The summed E-state index contributed by atoms with van der Waals surface area (Å²) in [6, 6.07) is 0. The smallest absolute Gasteiger partial charge is 0.323 e. The monoisotopic (exact) mass is 144 g/mol. The van der Waals surface area contributed by atoms with Crippen molar-refractivity contribution in [3.05, 3.63) is 33.5 Å². The second kappa shape index (κ2) is 2.54. The third-order valence-corrected chi connectivity index (χ3v) is 1.49. The number of nitro groups is 1. The van der Waals surface area contributed by atoms with Crippen molar-refractivity contribution < 1.29 is 4.92 Å². The number of nitrogens with zero attached hydrogens (tertiary/aromatic N) is 1. The van der Waals surface area contributed by atoms with Gasteiger partial charge in [-0.2, -0.15) is 0 Å². The highest BCUT2D eigenvalue weighted by Crippen LogP contribution is 2.14. The molecule has 0 radical (unpaired) electrons. The highest BCUT2D eigenvalue weighted by Gasteiger charge is 2.10. The Bertz CT molecular complexity index is 187. The Labute approximate surface area is 55.9 Å². The Hall–Kier alpha value is -0.970. The Kier molecular flexibility index (Phi) is 1.74. The summed E-state index contributed by atoms with van der Waals surface area (Å²) in [7, 11) is 0. The Morgan fingerprint density at radius 1 is 1.78 bits per heavy atom. The molecule has 1 N–H and O–H groups in total. The van der Waals surface area contributed by atoms with E-state index in [-0.39, 0.29) is 5.03 Å². The molecule has 1 rings (SSSR count). The first-order valence-corrected chi connectivity index (χ1v) is 3.06. The molecule has 0 unspecified atom stereocenters. The Morgan fingerprint density at radius 3 is 2.89 bits per heavy atom. The molecule has 1 aliphatic heterocycles. The lowest BCUT2D eigenvalue weighted by molar-refractivity contribution is -0.410. The second-order valence-corrected chi connectivity index (χ2v) is 2.20. The first kappa shape index (κ1) is 6.15. The molecule has 0 saturated heterocycles. The van der Waals surface area contributed by atoms with E-state index in [1.807, 2.05) is 0 Å². The molecule has 4 nitrogen and oxygen atoms in total. The Morgan fingerprint density at radius 2 is 2.56 bits per heavy atom. The fourth-order valence-corrected chi connectivity index (χ4v) is 0.885. The molecule has 0 aromatic rings. The molecule has 0 aromatic carbocycles. The van der Waals surface area contributed by atoms with Gasteiger partial charge in [-0.15, -0.1) is 0 Å². The molecule has 0 saturated carbocycles. The lowest BCUT2D eigenvalue weighted by Gasteiger charge is -1.98. The van der Waals surface area contributed by atoms with Gasteiger partial charge in [0.05, 0.1) is 16.9 Å². The van der Waals surface area contributed by atoms with Crippen molar-refractivity contribution in [2.24, 2.45) is 0 Å². The maximum atomic E-state index is 10.00. The SMILES string of the molecule is O=[N+]([O-])C1=CC=CNS1. The average molecular weight is 144 g/mol. The molecular formula is C4H4N2O2S. The van der Waals surface area contributed by atoms with Crippen LogP contribution in [0.15, 0.2) is 23.4 Å². The van der Waals surface area contributed by atoms with Gasteiger partial charge in [0.25, 0.3) is 0 Å². The molecule has 1 aliphatic rings. The normalized spacial score (nSPS) is 16.2. The van der Waals surface area contributed by atoms with Crippen LogP contribution in [0.3, 0.4) is 0 Å². The van der Waals surface area contributed by atoms with Crippen LogP contribution in [0.1, 0.15) is 0 Å². The second-order valence-electron chi connectivity index (χ2n) is 1.34. The van der Waals surface area contributed by atoms with E-state index in [1.165, 1.54) is 6.08 Å². The van der Waals surface area contributed by atoms with E-state index in [4.69, 9.17) is 0 Å². The maximum Gasteiger partial charge on any atom is 0.323 e. The van der Waals surface area contributed by atoms with Gasteiger partial charge < -0.3 is 4.72 Å². The van der Waals surface area contributed by atoms with Crippen LogP contribution in [0.5, 0.6) is 0 Å². The van der Waals surface area contributed by atoms with E-state index >= 15 is 0 Å². The van der Waals surface area contributed by atoms with Crippen molar-refractivity contribution in [2.45, 2.75) is 0 Å². The first-order valence-electron chi connectivity index (χ1n) is 2.24. The lowest BCUT2D eigenvalue weighted by atomic mass is 10.6. The molecule has 1 heterocycles. The van der Waals surface area contributed by atoms with Gasteiger partial charge in [0.1, 0.15) is 0 Å². The minimum Gasteiger partial charge on any atom is -0.327 e. The Balaban J connectivity index is 2.68. The standard InChI is InChI=1S/C4H4N2O2S/c7-6(8)4-2-1-3-5-9-4/h1-3,5H. The highest BCUT2D eigenvalue weighted by atomic mass is 32.2. The van der Waals surface area contributed by atoms with Gasteiger partial charge in [-0.25, -0.2) is 0 Å². The topological polar surface area (TPSA) is 55.2 Å². The molecule has 0 bridgehead atoms. The highest BCUT2D eigenvalue weighted by molar-refractivity contribution is 8.01. The first-order chi connectivity index (χ1) is 4.30. The molecule has 0 spiro atoms. The van der Waals surface area contributed by atoms with Gasteiger partial charge in [-0.05, 0) is 6.08 Å². The van der Waals surface area contributed by atoms with Gasteiger partial charge in [0, 0.05) is 12.3 Å². The van der Waals surface area contributed by atoms with Gasteiger partial charge in [0.15, 0.2) is 0 Å². The van der Waals surface area contributed by atoms with Crippen LogP contribution in [0.2, 0.25) is 0 Å². The molecule has 9 heavy (non-hydrogen) atoms. The van der Waals surface area contributed by atoms with Gasteiger partial charge >= 0.3 is 5.03 Å². The number of nitrogens with one attached hydrogen (secondary N) is 1. The van der Waals surface area contributed by atoms with E-state index in [2.05, 4.69) is 4.72 Å².